The second-order valence-electron chi connectivity index (χ2n) is 6.07. The number of aromatic hydroxyl groups is 1. The van der Waals surface area contributed by atoms with Gasteiger partial charge in [0, 0.05) is 18.5 Å². The van der Waals surface area contributed by atoms with Gasteiger partial charge in [-0.1, -0.05) is 25.1 Å². The Bertz CT molecular complexity index is 523. The van der Waals surface area contributed by atoms with Crippen molar-refractivity contribution in [1.29, 1.82) is 0 Å². The van der Waals surface area contributed by atoms with Gasteiger partial charge in [0.2, 0.25) is 5.91 Å². The minimum absolute atomic E-state index is 0. The largest absolute Gasteiger partial charge is 1.00 e. The number of carbonyl (C=O) groups is 1. The van der Waals surface area contributed by atoms with Gasteiger partial charge >= 0.3 is 58.2 Å². The Morgan fingerprint density at radius 1 is 1.36 bits per heavy atom. The van der Waals surface area contributed by atoms with Gasteiger partial charge in [-0.15, -0.1) is 13.1 Å². The molecule has 0 bridgehead atoms. The van der Waals surface area contributed by atoms with Gasteiger partial charge in [0.1, 0.15) is 5.75 Å². The molecule has 1 N–H and O–H groups in total. The first kappa shape index (κ1) is 18.6. The van der Waals surface area contributed by atoms with Crippen LogP contribution >= 0.6 is 0 Å². The standard InChI is InChI=1S/C17H23N2O2.Rb/c1-2-12-11-18-9-10-19(12)17(21)15-8-7-13(15)14-5-3-4-6-16(14)20;/h3-6,12-13,15,20H,2,7-11H2,1H3;/q-1;+1/t12-,13?,15?;/m1./s1. The number of hydrogen-bond donors (Lipinski definition) is 1. The smallest absolute Gasteiger partial charge is 0.659 e. The van der Waals surface area contributed by atoms with E-state index in [-0.39, 0.29) is 82.0 Å². The van der Waals surface area contributed by atoms with Gasteiger partial charge in [-0.2, -0.15) is 0 Å². The average Bonchev–Trinajstić information content (AvgIpc) is 2.48. The number of amides is 1. The van der Waals surface area contributed by atoms with Crippen molar-refractivity contribution in [2.24, 2.45) is 5.92 Å². The fraction of sp³-hybridized carbons (Fsp3) is 0.588. The number of para-hydroxylation sites is 1. The molecule has 1 aromatic carbocycles. The maximum Gasteiger partial charge on any atom is 1.00 e. The first-order valence-electron chi connectivity index (χ1n) is 7.94. The number of piperazine rings is 1. The Labute approximate surface area is 181 Å². The topological polar surface area (TPSA) is 54.6 Å². The van der Waals surface area contributed by atoms with Gasteiger partial charge in [0.25, 0.3) is 0 Å². The maximum absolute atomic E-state index is 12.8. The number of rotatable bonds is 3. The molecule has 0 spiro atoms. The average molecular weight is 373 g/mol. The number of phenolic OH excluding ortho intramolecular Hbond substituents is 1. The van der Waals surface area contributed by atoms with Crippen LogP contribution in [0.5, 0.6) is 5.75 Å². The number of benzene rings is 1. The maximum atomic E-state index is 12.8. The Morgan fingerprint density at radius 2 is 2.14 bits per heavy atom. The quantitative estimate of drug-likeness (QED) is 0.804. The predicted molar refractivity (Wildman–Crippen MR) is 82.5 cm³/mol. The summed E-state index contributed by atoms with van der Waals surface area (Å²) in [7, 11) is 0. The molecule has 1 heterocycles. The van der Waals surface area contributed by atoms with Crippen LogP contribution < -0.4 is 58.2 Å². The molecule has 0 aromatic heterocycles. The van der Waals surface area contributed by atoms with Gasteiger partial charge in [-0.05, 0) is 36.8 Å². The second kappa shape index (κ2) is 8.38. The molecule has 3 atom stereocenters. The Kier molecular flexibility index (Phi) is 7.08. The summed E-state index contributed by atoms with van der Waals surface area (Å²) < 4.78 is 0. The zero-order valence-electron chi connectivity index (χ0n) is 13.5. The third-order valence-corrected chi connectivity index (χ3v) is 4.96. The molecule has 2 aliphatic rings. The number of nitrogens with zero attached hydrogens (tertiary/aromatic N) is 2. The van der Waals surface area contributed by atoms with E-state index in [9.17, 15) is 9.90 Å². The van der Waals surface area contributed by atoms with E-state index in [1.807, 2.05) is 23.1 Å². The Morgan fingerprint density at radius 3 is 2.77 bits per heavy atom. The molecule has 1 amide bonds. The summed E-state index contributed by atoms with van der Waals surface area (Å²) in [6, 6.07) is 7.68. The number of phenols is 1. The van der Waals surface area contributed by atoms with Crippen molar-refractivity contribution in [1.82, 2.24) is 4.90 Å². The minimum atomic E-state index is 0. The van der Waals surface area contributed by atoms with Gasteiger partial charge in [0.15, 0.2) is 0 Å². The summed E-state index contributed by atoms with van der Waals surface area (Å²) in [6.07, 6.45) is 2.88. The summed E-state index contributed by atoms with van der Waals surface area (Å²) in [5, 5.41) is 14.4. The molecule has 1 saturated carbocycles. The van der Waals surface area contributed by atoms with Crippen LogP contribution in [-0.2, 0) is 4.79 Å². The molecule has 22 heavy (non-hydrogen) atoms. The van der Waals surface area contributed by atoms with Crippen molar-refractivity contribution >= 4 is 5.91 Å². The minimum Gasteiger partial charge on any atom is -0.659 e. The van der Waals surface area contributed by atoms with E-state index in [0.29, 0.717) is 5.75 Å². The third kappa shape index (κ3) is 3.67. The van der Waals surface area contributed by atoms with Crippen molar-refractivity contribution < 1.29 is 68.1 Å². The summed E-state index contributed by atoms with van der Waals surface area (Å²) in [5.74, 6) is 0.789. The van der Waals surface area contributed by atoms with Gasteiger partial charge < -0.3 is 15.3 Å². The first-order chi connectivity index (χ1) is 10.2. The predicted octanol–water partition coefficient (Wildman–Crippen LogP) is -0.116. The summed E-state index contributed by atoms with van der Waals surface area (Å²) in [6.45, 7) is 4.40. The molecule has 2 fully saturated rings. The van der Waals surface area contributed by atoms with E-state index in [1.54, 1.807) is 6.07 Å². The van der Waals surface area contributed by atoms with E-state index >= 15 is 0 Å². The molecule has 4 nitrogen and oxygen atoms in total. The van der Waals surface area contributed by atoms with Crippen LogP contribution in [0.1, 0.15) is 37.7 Å². The van der Waals surface area contributed by atoms with E-state index in [0.717, 1.165) is 44.5 Å². The normalized spacial score (nSPS) is 27.7. The van der Waals surface area contributed by atoms with Crippen LogP contribution in [0.4, 0.5) is 0 Å². The van der Waals surface area contributed by atoms with Crippen molar-refractivity contribution in [3.05, 3.63) is 35.1 Å². The molecular weight excluding hydrogens is 350 g/mol. The van der Waals surface area contributed by atoms with E-state index in [1.165, 1.54) is 0 Å². The van der Waals surface area contributed by atoms with Gasteiger partial charge in [0.05, 0.1) is 0 Å². The van der Waals surface area contributed by atoms with Crippen LogP contribution in [0.15, 0.2) is 24.3 Å². The number of hydrogen-bond acceptors (Lipinski definition) is 2. The molecule has 1 aromatic rings. The molecule has 114 valence electrons. The van der Waals surface area contributed by atoms with Crippen LogP contribution in [0.25, 0.3) is 5.32 Å². The summed E-state index contributed by atoms with van der Waals surface area (Å²) in [5.41, 5.74) is 0.928. The fourth-order valence-electron chi connectivity index (χ4n) is 3.52. The SMILES string of the molecule is CC[C@@H]1C[N-]CCN1C(=O)C1CCC1c1ccccc1O.[Rb+]. The van der Waals surface area contributed by atoms with Crippen molar-refractivity contribution in [3.8, 4) is 5.75 Å². The Hall–Kier alpha value is 0.255. The molecule has 2 unspecified atom stereocenters. The zero-order chi connectivity index (χ0) is 14.8. The van der Waals surface area contributed by atoms with Crippen LogP contribution in [0.2, 0.25) is 0 Å². The monoisotopic (exact) mass is 372 g/mol. The van der Waals surface area contributed by atoms with E-state index in [2.05, 4.69) is 12.2 Å². The first-order valence-corrected chi connectivity index (χ1v) is 7.94. The number of carbonyl (C=O) groups excluding carboxylic acids is 1. The van der Waals surface area contributed by atoms with Crippen molar-refractivity contribution in [2.45, 2.75) is 38.1 Å². The molecule has 5 heteroatoms. The fourth-order valence-corrected chi connectivity index (χ4v) is 3.52. The third-order valence-electron chi connectivity index (χ3n) is 4.96. The zero-order valence-corrected chi connectivity index (χ0v) is 18.5. The Balaban J connectivity index is 0.00000176. The van der Waals surface area contributed by atoms with Crippen LogP contribution in [0.3, 0.4) is 0 Å². The second-order valence-corrected chi connectivity index (χ2v) is 6.07. The molecule has 3 rings (SSSR count). The summed E-state index contributed by atoms with van der Waals surface area (Å²) >= 11 is 0. The van der Waals surface area contributed by atoms with Gasteiger partial charge in [-0.3, -0.25) is 4.79 Å². The van der Waals surface area contributed by atoms with Crippen molar-refractivity contribution in [2.75, 3.05) is 19.6 Å². The van der Waals surface area contributed by atoms with E-state index < -0.39 is 0 Å². The molecule has 0 radical (unpaired) electrons. The van der Waals surface area contributed by atoms with Crippen molar-refractivity contribution in [3.63, 3.8) is 0 Å². The molecule has 1 aliphatic heterocycles. The van der Waals surface area contributed by atoms with Gasteiger partial charge in [-0.25, -0.2) is 0 Å². The van der Waals surface area contributed by atoms with Crippen LogP contribution in [0, 0.1) is 5.92 Å². The van der Waals surface area contributed by atoms with E-state index in [4.69, 9.17) is 0 Å². The van der Waals surface area contributed by atoms with Crippen LogP contribution in [-0.4, -0.2) is 41.6 Å². The molecular formula is C17H23N2O2Rb. The molecule has 1 aliphatic carbocycles. The molecule has 1 saturated heterocycles. The summed E-state index contributed by atoms with van der Waals surface area (Å²) in [4.78, 5) is 14.9.